The number of nitriles is 1. The maximum absolute atomic E-state index is 8.82. The van der Waals surface area contributed by atoms with E-state index in [-0.39, 0.29) is 0 Å². The molecule has 0 heterocycles. The van der Waals surface area contributed by atoms with Crippen molar-refractivity contribution in [2.75, 3.05) is 14.2 Å². The topological polar surface area (TPSA) is 68.3 Å². The summed E-state index contributed by atoms with van der Waals surface area (Å²) in [5.41, 5.74) is 6.79. The molecular weight excluding hydrogens is 180 g/mol. The third kappa shape index (κ3) is 1.78. The van der Waals surface area contributed by atoms with Crippen molar-refractivity contribution >= 4 is 0 Å². The van der Waals surface area contributed by atoms with Gasteiger partial charge < -0.3 is 15.2 Å². The predicted molar refractivity (Wildman–Crippen MR) is 52.2 cm³/mol. The van der Waals surface area contributed by atoms with E-state index in [0.717, 1.165) is 5.56 Å². The van der Waals surface area contributed by atoms with E-state index in [1.807, 2.05) is 6.07 Å². The number of hydrogen-bond acceptors (Lipinski definition) is 4. The third-order valence-corrected chi connectivity index (χ3v) is 1.94. The first-order valence-corrected chi connectivity index (χ1v) is 4.11. The summed E-state index contributed by atoms with van der Waals surface area (Å²) in [7, 11) is 3.06. The fourth-order valence-electron chi connectivity index (χ4n) is 1.21. The number of rotatable bonds is 3. The van der Waals surface area contributed by atoms with Crippen LogP contribution >= 0.6 is 0 Å². The van der Waals surface area contributed by atoms with E-state index in [0.29, 0.717) is 23.6 Å². The van der Waals surface area contributed by atoms with Gasteiger partial charge in [-0.15, -0.1) is 0 Å². The van der Waals surface area contributed by atoms with Crippen LogP contribution in [0.3, 0.4) is 0 Å². The van der Waals surface area contributed by atoms with Gasteiger partial charge >= 0.3 is 0 Å². The van der Waals surface area contributed by atoms with E-state index in [1.54, 1.807) is 19.2 Å². The number of methoxy groups -OCH3 is 2. The van der Waals surface area contributed by atoms with Crippen molar-refractivity contribution in [3.63, 3.8) is 0 Å². The van der Waals surface area contributed by atoms with Crippen molar-refractivity contribution < 1.29 is 9.47 Å². The summed E-state index contributed by atoms with van der Waals surface area (Å²) < 4.78 is 10.1. The van der Waals surface area contributed by atoms with Crippen LogP contribution in [0.1, 0.15) is 11.1 Å². The van der Waals surface area contributed by atoms with Gasteiger partial charge in [0.15, 0.2) is 0 Å². The fourth-order valence-corrected chi connectivity index (χ4v) is 1.21. The molecule has 2 N–H and O–H groups in total. The Morgan fingerprint density at radius 1 is 1.29 bits per heavy atom. The largest absolute Gasteiger partial charge is 0.496 e. The Balaban J connectivity index is 3.30. The Morgan fingerprint density at radius 3 is 2.36 bits per heavy atom. The standard InChI is InChI=1S/C10H12N2O2/c1-13-9-3-8(6-12)10(14-2)4-7(9)5-11/h3-4H,5,11H2,1-2H3. The van der Waals surface area contributed by atoms with Gasteiger partial charge in [-0.2, -0.15) is 5.26 Å². The molecule has 1 rings (SSSR count). The first-order valence-electron chi connectivity index (χ1n) is 4.11. The molecule has 4 nitrogen and oxygen atoms in total. The Labute approximate surface area is 82.9 Å². The minimum absolute atomic E-state index is 0.352. The Hall–Kier alpha value is -1.73. The molecule has 0 amide bonds. The molecule has 1 aromatic rings. The van der Waals surface area contributed by atoms with Crippen LogP contribution < -0.4 is 15.2 Å². The van der Waals surface area contributed by atoms with Crippen LogP contribution in [0, 0.1) is 11.3 Å². The van der Waals surface area contributed by atoms with Crippen LogP contribution in [0.2, 0.25) is 0 Å². The first-order chi connectivity index (χ1) is 6.76. The van der Waals surface area contributed by atoms with Crippen LogP contribution in [0.25, 0.3) is 0 Å². The third-order valence-electron chi connectivity index (χ3n) is 1.94. The molecule has 1 aromatic carbocycles. The summed E-state index contributed by atoms with van der Waals surface area (Å²) in [6.45, 7) is 0.352. The second kappa shape index (κ2) is 4.49. The van der Waals surface area contributed by atoms with Gasteiger partial charge in [0, 0.05) is 18.2 Å². The zero-order valence-corrected chi connectivity index (χ0v) is 8.20. The van der Waals surface area contributed by atoms with Crippen molar-refractivity contribution in [1.29, 1.82) is 5.26 Å². The van der Waals surface area contributed by atoms with Gasteiger partial charge in [0.25, 0.3) is 0 Å². The molecular formula is C10H12N2O2. The average Bonchev–Trinajstić information content (AvgIpc) is 2.26. The lowest BCUT2D eigenvalue weighted by Gasteiger charge is -2.10. The lowest BCUT2D eigenvalue weighted by atomic mass is 10.1. The van der Waals surface area contributed by atoms with Crippen molar-refractivity contribution in [2.45, 2.75) is 6.54 Å². The zero-order chi connectivity index (χ0) is 10.6. The molecule has 0 aliphatic heterocycles. The first kappa shape index (κ1) is 10.4. The van der Waals surface area contributed by atoms with E-state index in [1.165, 1.54) is 7.11 Å². The van der Waals surface area contributed by atoms with Crippen molar-refractivity contribution in [3.8, 4) is 17.6 Å². The summed E-state index contributed by atoms with van der Waals surface area (Å²) >= 11 is 0. The van der Waals surface area contributed by atoms with E-state index in [2.05, 4.69) is 0 Å². The van der Waals surface area contributed by atoms with Crippen molar-refractivity contribution in [1.82, 2.24) is 0 Å². The number of hydrogen-bond donors (Lipinski definition) is 1. The highest BCUT2D eigenvalue weighted by Gasteiger charge is 2.09. The summed E-state index contributed by atoms with van der Waals surface area (Å²) in [5.74, 6) is 1.14. The highest BCUT2D eigenvalue weighted by Crippen LogP contribution is 2.27. The van der Waals surface area contributed by atoms with Crippen LogP contribution in [0.5, 0.6) is 11.5 Å². The lowest BCUT2D eigenvalue weighted by molar-refractivity contribution is 0.398. The Bertz CT molecular complexity index is 369. The van der Waals surface area contributed by atoms with E-state index in [9.17, 15) is 0 Å². The molecule has 0 radical (unpaired) electrons. The average molecular weight is 192 g/mol. The van der Waals surface area contributed by atoms with Crippen molar-refractivity contribution in [3.05, 3.63) is 23.3 Å². The Kier molecular flexibility index (Phi) is 3.32. The van der Waals surface area contributed by atoms with Crippen LogP contribution in [-0.4, -0.2) is 14.2 Å². The normalized spacial score (nSPS) is 9.29. The molecule has 0 unspecified atom stereocenters. The zero-order valence-electron chi connectivity index (χ0n) is 8.20. The van der Waals surface area contributed by atoms with Gasteiger partial charge in [0.1, 0.15) is 17.6 Å². The van der Waals surface area contributed by atoms with E-state index >= 15 is 0 Å². The minimum Gasteiger partial charge on any atom is -0.496 e. The number of ether oxygens (including phenoxy) is 2. The SMILES string of the molecule is COc1cc(CN)c(OC)cc1C#N. The van der Waals surface area contributed by atoms with Gasteiger partial charge in [0.2, 0.25) is 0 Å². The molecule has 0 bridgehead atoms. The van der Waals surface area contributed by atoms with Crippen molar-refractivity contribution in [2.24, 2.45) is 5.73 Å². The Morgan fingerprint density at radius 2 is 1.93 bits per heavy atom. The summed E-state index contributed by atoms with van der Waals surface area (Å²) in [5, 5.41) is 8.82. The van der Waals surface area contributed by atoms with Gasteiger partial charge in [0.05, 0.1) is 19.8 Å². The number of benzene rings is 1. The molecule has 0 saturated heterocycles. The summed E-state index contributed by atoms with van der Waals surface area (Å²) in [6.07, 6.45) is 0. The number of nitrogens with two attached hydrogens (primary N) is 1. The molecule has 0 atom stereocenters. The molecule has 0 saturated carbocycles. The second-order valence-corrected chi connectivity index (χ2v) is 2.68. The summed E-state index contributed by atoms with van der Waals surface area (Å²) in [4.78, 5) is 0. The van der Waals surface area contributed by atoms with Gasteiger partial charge in [-0.3, -0.25) is 0 Å². The van der Waals surface area contributed by atoms with E-state index < -0.39 is 0 Å². The molecule has 0 aliphatic carbocycles. The minimum atomic E-state index is 0.352. The van der Waals surface area contributed by atoms with Crippen LogP contribution in [0.15, 0.2) is 12.1 Å². The molecule has 0 aliphatic rings. The second-order valence-electron chi connectivity index (χ2n) is 2.68. The van der Waals surface area contributed by atoms with Crippen LogP contribution in [-0.2, 0) is 6.54 Å². The monoisotopic (exact) mass is 192 g/mol. The quantitative estimate of drug-likeness (QED) is 0.776. The number of nitrogens with zero attached hydrogens (tertiary/aromatic N) is 1. The maximum atomic E-state index is 8.82. The highest BCUT2D eigenvalue weighted by molar-refractivity contribution is 5.51. The van der Waals surface area contributed by atoms with Gasteiger partial charge in [-0.1, -0.05) is 0 Å². The molecule has 4 heteroatoms. The highest BCUT2D eigenvalue weighted by atomic mass is 16.5. The molecule has 0 spiro atoms. The summed E-state index contributed by atoms with van der Waals surface area (Å²) in [6, 6.07) is 5.37. The lowest BCUT2D eigenvalue weighted by Crippen LogP contribution is -2.01. The smallest absolute Gasteiger partial charge is 0.137 e. The van der Waals surface area contributed by atoms with Gasteiger partial charge in [-0.25, -0.2) is 0 Å². The van der Waals surface area contributed by atoms with E-state index in [4.69, 9.17) is 20.5 Å². The maximum Gasteiger partial charge on any atom is 0.137 e. The predicted octanol–water partition coefficient (Wildman–Crippen LogP) is 1.03. The molecule has 74 valence electrons. The molecule has 0 aromatic heterocycles. The van der Waals surface area contributed by atoms with Gasteiger partial charge in [-0.05, 0) is 6.07 Å². The molecule has 0 fully saturated rings. The molecule has 14 heavy (non-hydrogen) atoms. The fraction of sp³-hybridized carbons (Fsp3) is 0.300. The van der Waals surface area contributed by atoms with Crippen LogP contribution in [0.4, 0.5) is 0 Å².